The third-order valence-electron chi connectivity index (χ3n) is 14.1. The molecule has 3 fully saturated rings. The molecule has 0 radical (unpaired) electrons. The molecule has 4 amide bonds. The first kappa shape index (κ1) is 88.3. The number of methoxy groups -OCH3 is 1. The Morgan fingerprint density at radius 2 is 0.765 bits per heavy atom. The molecule has 508 valence electrons. The summed E-state index contributed by atoms with van der Waals surface area (Å²) in [6.07, 6.45) is -10.8. The SMILES string of the molecule is C.C.C.C.CC.CC(C)C.COCCCNC(=O)CCCC(=O)NC(CCC(=O)CCCCO[C@@H]1OC(CO)[C@H](O)[C@H](O)C1C)(CCC(=O)NCCCO[C@@H]1OC(CO)[C@H](O)[C@H](O)C1C)CCC(=O)NCCCO[C@@H]1OC(CO)[C@H](O)[C@H](O)C1C. The Kier molecular flexibility index (Phi) is 51.7. The quantitative estimate of drug-likeness (QED) is 0.0398. The molecule has 0 aromatic carbocycles. The number of ether oxygens (including phenoxy) is 7. The lowest BCUT2D eigenvalue weighted by Crippen LogP contribution is -2.55. The summed E-state index contributed by atoms with van der Waals surface area (Å²) in [5.74, 6) is -2.55. The van der Waals surface area contributed by atoms with Crippen LogP contribution < -0.4 is 21.3 Å². The fourth-order valence-electron chi connectivity index (χ4n) is 9.10. The first-order valence-corrected chi connectivity index (χ1v) is 29.4. The Labute approximate surface area is 509 Å². The van der Waals surface area contributed by atoms with Crippen LogP contribution in [0.25, 0.3) is 0 Å². The van der Waals surface area contributed by atoms with E-state index in [1.807, 2.05) is 13.8 Å². The molecule has 0 aromatic heterocycles. The van der Waals surface area contributed by atoms with Crippen molar-refractivity contribution in [2.24, 2.45) is 23.7 Å². The van der Waals surface area contributed by atoms with Gasteiger partial charge in [-0.1, -0.05) is 85.1 Å². The fraction of sp³-hybridized carbons (Fsp3) is 0.917. The molecule has 25 nitrogen and oxygen atoms in total. The number of Topliss-reactive ketones (excluding diaryl/α,β-unsaturated/α-hetero) is 1. The Balaban J connectivity index is -0.00000314. The molecular formula is C60H122N4O21. The van der Waals surface area contributed by atoms with Crippen molar-refractivity contribution in [3.05, 3.63) is 0 Å². The molecule has 3 aliphatic heterocycles. The molecule has 13 N–H and O–H groups in total. The van der Waals surface area contributed by atoms with Gasteiger partial charge in [0.05, 0.1) is 51.3 Å². The molecule has 0 saturated carbocycles. The van der Waals surface area contributed by atoms with E-state index in [0.717, 1.165) is 5.92 Å². The van der Waals surface area contributed by atoms with E-state index in [1.54, 1.807) is 27.9 Å². The number of amides is 4. The highest BCUT2D eigenvalue weighted by Gasteiger charge is 2.45. The number of carbonyl (C=O) groups is 5. The van der Waals surface area contributed by atoms with Gasteiger partial charge < -0.3 is 100 Å². The summed E-state index contributed by atoms with van der Waals surface area (Å²) >= 11 is 0. The van der Waals surface area contributed by atoms with Crippen LogP contribution in [0.2, 0.25) is 0 Å². The first-order valence-electron chi connectivity index (χ1n) is 29.4. The van der Waals surface area contributed by atoms with Crippen molar-refractivity contribution in [1.82, 2.24) is 21.3 Å². The number of ketones is 1. The van der Waals surface area contributed by atoms with Crippen LogP contribution in [-0.2, 0) is 57.1 Å². The number of aliphatic hydroxyl groups is 9. The van der Waals surface area contributed by atoms with Crippen LogP contribution in [0.15, 0.2) is 0 Å². The van der Waals surface area contributed by atoms with Gasteiger partial charge in [0.15, 0.2) is 18.9 Å². The van der Waals surface area contributed by atoms with E-state index in [4.69, 9.17) is 33.2 Å². The molecule has 3 saturated heterocycles. The summed E-state index contributed by atoms with van der Waals surface area (Å²) in [5, 5.41) is 102. The third-order valence-corrected chi connectivity index (χ3v) is 14.1. The maximum Gasteiger partial charge on any atom is 0.220 e. The average molecular weight is 1240 g/mol. The van der Waals surface area contributed by atoms with Crippen LogP contribution in [-0.4, -0.2) is 228 Å². The monoisotopic (exact) mass is 1230 g/mol. The van der Waals surface area contributed by atoms with Crippen LogP contribution in [0.4, 0.5) is 0 Å². The second-order valence-corrected chi connectivity index (χ2v) is 21.8. The summed E-state index contributed by atoms with van der Waals surface area (Å²) in [6.45, 7) is 15.5. The lowest BCUT2D eigenvalue weighted by Gasteiger charge is -2.40. The van der Waals surface area contributed by atoms with Crippen LogP contribution in [0.1, 0.15) is 181 Å². The summed E-state index contributed by atoms with van der Waals surface area (Å²) in [7, 11) is 1.56. The third kappa shape index (κ3) is 33.9. The minimum absolute atomic E-state index is 0. The number of hydrogen-bond donors (Lipinski definition) is 13. The summed E-state index contributed by atoms with van der Waals surface area (Å²) in [5.41, 5.74) is -1.24. The van der Waals surface area contributed by atoms with E-state index in [1.165, 1.54) is 0 Å². The van der Waals surface area contributed by atoms with Gasteiger partial charge in [0.2, 0.25) is 23.6 Å². The number of nitrogens with one attached hydrogen (secondary N) is 4. The normalized spacial score (nSPS) is 27.6. The second-order valence-electron chi connectivity index (χ2n) is 21.8. The fourth-order valence-corrected chi connectivity index (χ4v) is 9.10. The number of aliphatic hydroxyl groups excluding tert-OH is 9. The van der Waals surface area contributed by atoms with Gasteiger partial charge in [-0.2, -0.15) is 0 Å². The van der Waals surface area contributed by atoms with Gasteiger partial charge >= 0.3 is 0 Å². The molecule has 3 heterocycles. The molecule has 6 unspecified atom stereocenters. The summed E-state index contributed by atoms with van der Waals surface area (Å²) in [4.78, 5) is 66.6. The van der Waals surface area contributed by atoms with Gasteiger partial charge in [-0.3, -0.25) is 24.0 Å². The summed E-state index contributed by atoms with van der Waals surface area (Å²) < 4.78 is 39.2. The van der Waals surface area contributed by atoms with Crippen LogP contribution in [0.3, 0.4) is 0 Å². The molecule has 85 heavy (non-hydrogen) atoms. The van der Waals surface area contributed by atoms with Crippen LogP contribution >= 0.6 is 0 Å². The van der Waals surface area contributed by atoms with Crippen LogP contribution in [0.5, 0.6) is 0 Å². The largest absolute Gasteiger partial charge is 0.394 e. The van der Waals surface area contributed by atoms with E-state index in [2.05, 4.69) is 42.0 Å². The molecule has 0 aliphatic carbocycles. The van der Waals surface area contributed by atoms with E-state index in [9.17, 15) is 69.9 Å². The predicted octanol–water partition coefficient (Wildman–Crippen LogP) is 2.77. The van der Waals surface area contributed by atoms with Crippen molar-refractivity contribution in [3.8, 4) is 0 Å². The Bertz CT molecular complexity index is 1560. The number of carbonyl (C=O) groups excluding carboxylic acids is 5. The highest BCUT2D eigenvalue weighted by molar-refractivity contribution is 5.81. The topological polar surface area (TPSA) is 380 Å². The number of rotatable bonds is 37. The molecule has 0 bridgehead atoms. The molecule has 25 heteroatoms. The zero-order chi connectivity index (χ0) is 61.1. The molecule has 15 atom stereocenters. The lowest BCUT2D eigenvalue weighted by molar-refractivity contribution is -0.282. The maximum atomic E-state index is 13.8. The van der Waals surface area contributed by atoms with E-state index in [-0.39, 0.29) is 150 Å². The Morgan fingerprint density at radius 1 is 0.447 bits per heavy atom. The minimum Gasteiger partial charge on any atom is -0.394 e. The van der Waals surface area contributed by atoms with E-state index >= 15 is 0 Å². The molecule has 0 spiro atoms. The van der Waals surface area contributed by atoms with E-state index < -0.39 is 123 Å². The molecule has 3 aliphatic rings. The van der Waals surface area contributed by atoms with Gasteiger partial charge in [-0.05, 0) is 63.7 Å². The standard InChI is InChI=1S/C50H90N4O21.C4H10.C2H6.4CH4/c1-30-41(63)44(66)34(27-55)73-47(30)70-24-6-5-11-33(58)14-17-50(54-40(62)13-7-12-37(59)51-20-8-23-69-4,18-15-38(60)52-21-9-25-71-48-31(2)42(64)45(67)35(28-56)74-48)19-16-39(61)53-22-10-26-72-49-32(3)43(65)46(68)36(29-57)75-49;1-4(2)3;1-2;;;;/h30-32,34-36,41-49,55-57,63-68H,5-29H2,1-4H3,(H,51,59)(H,52,60)(H,53,61)(H,54,62);4H,1-3H3;1-2H3;4*1H4/t30?,31?,32?,34?,35?,36?,41-,42-,43-,44+,45+,46+,47-,48-,49-,50?;;;;;;/m1....../s1. The average Bonchev–Trinajstić information content (AvgIpc) is 3.61. The maximum absolute atomic E-state index is 13.8. The molecule has 3 rings (SSSR count). The van der Waals surface area contributed by atoms with Crippen molar-refractivity contribution < 1.29 is 103 Å². The van der Waals surface area contributed by atoms with Gasteiger partial charge in [-0.15, -0.1) is 0 Å². The van der Waals surface area contributed by atoms with Crippen molar-refractivity contribution >= 4 is 29.4 Å². The molecule has 0 aromatic rings. The van der Waals surface area contributed by atoms with Crippen molar-refractivity contribution in [3.63, 3.8) is 0 Å². The van der Waals surface area contributed by atoms with E-state index in [0.29, 0.717) is 45.3 Å². The smallest absolute Gasteiger partial charge is 0.220 e. The van der Waals surface area contributed by atoms with Gasteiger partial charge in [0, 0.05) is 102 Å². The summed E-state index contributed by atoms with van der Waals surface area (Å²) in [6, 6.07) is 0. The lowest BCUT2D eigenvalue weighted by atomic mass is 9.82. The van der Waals surface area contributed by atoms with Gasteiger partial charge in [0.25, 0.3) is 0 Å². The molecular weight excluding hydrogens is 1110 g/mol. The van der Waals surface area contributed by atoms with Crippen molar-refractivity contribution in [1.29, 1.82) is 0 Å². The highest BCUT2D eigenvalue weighted by Crippen LogP contribution is 2.31. The minimum atomic E-state index is -1.28. The highest BCUT2D eigenvalue weighted by atomic mass is 16.7. The zero-order valence-electron chi connectivity index (χ0n) is 49.8. The van der Waals surface area contributed by atoms with Crippen molar-refractivity contribution in [2.75, 3.05) is 73.0 Å². The second kappa shape index (κ2) is 49.7. The Hall–Kier alpha value is -3.09. The number of unbranched alkanes of at least 4 members (excludes halogenated alkanes) is 1. The van der Waals surface area contributed by atoms with Gasteiger partial charge in [-0.25, -0.2) is 0 Å². The number of hydrogen-bond acceptors (Lipinski definition) is 21. The zero-order valence-corrected chi connectivity index (χ0v) is 49.8. The Morgan fingerprint density at radius 3 is 1.12 bits per heavy atom. The first-order chi connectivity index (χ1) is 38.5. The predicted molar refractivity (Wildman–Crippen MR) is 323 cm³/mol. The van der Waals surface area contributed by atoms with Crippen LogP contribution in [0, 0.1) is 23.7 Å². The van der Waals surface area contributed by atoms with Gasteiger partial charge in [0.1, 0.15) is 42.4 Å². The van der Waals surface area contributed by atoms with Crippen molar-refractivity contribution in [2.45, 2.75) is 261 Å².